The minimum absolute atomic E-state index is 0.131. The maximum Gasteiger partial charge on any atom is 0.219 e. The highest BCUT2D eigenvalue weighted by atomic mass is 35.5. The SMILES string of the molecule is CC1=Nc2nc3c(c4c(C#N)c(N5CCCCC5)nc(c24)N1)C[C@H](CCl)O3. The van der Waals surface area contributed by atoms with Crippen molar-refractivity contribution in [2.24, 2.45) is 4.99 Å². The number of alkyl halides is 1. The molecule has 8 heteroatoms. The number of aliphatic imine (C=N–C) groups is 1. The molecule has 0 amide bonds. The number of nitrogens with one attached hydrogen (secondary N) is 1. The van der Waals surface area contributed by atoms with Gasteiger partial charge in [-0.3, -0.25) is 0 Å². The fraction of sp³-hybridized carbons (Fsp3) is 0.474. The van der Waals surface area contributed by atoms with Crippen molar-refractivity contribution in [1.82, 2.24) is 9.97 Å². The van der Waals surface area contributed by atoms with Gasteiger partial charge in [0.2, 0.25) is 5.88 Å². The first-order valence-corrected chi connectivity index (χ1v) is 9.83. The molecule has 5 rings (SSSR count). The van der Waals surface area contributed by atoms with Crippen LogP contribution in [0.5, 0.6) is 5.88 Å². The van der Waals surface area contributed by atoms with E-state index >= 15 is 0 Å². The molecule has 5 heterocycles. The van der Waals surface area contributed by atoms with Gasteiger partial charge >= 0.3 is 0 Å². The Hall–Kier alpha value is -2.59. The van der Waals surface area contributed by atoms with Crippen LogP contribution in [-0.4, -0.2) is 40.9 Å². The molecule has 0 saturated carbocycles. The van der Waals surface area contributed by atoms with Crippen molar-refractivity contribution in [2.45, 2.75) is 38.7 Å². The van der Waals surface area contributed by atoms with Crippen LogP contribution in [0.2, 0.25) is 0 Å². The molecule has 3 aliphatic heterocycles. The number of amidine groups is 1. The van der Waals surface area contributed by atoms with Gasteiger partial charge in [-0.2, -0.15) is 10.2 Å². The third-order valence-electron chi connectivity index (χ3n) is 5.39. The van der Waals surface area contributed by atoms with Crippen LogP contribution in [-0.2, 0) is 6.42 Å². The molecule has 1 fully saturated rings. The van der Waals surface area contributed by atoms with Gasteiger partial charge in [0.05, 0.1) is 11.3 Å². The summed E-state index contributed by atoms with van der Waals surface area (Å²) in [6.45, 7) is 3.72. The second-order valence-corrected chi connectivity index (χ2v) is 7.52. The van der Waals surface area contributed by atoms with Crippen molar-refractivity contribution in [3.05, 3.63) is 11.1 Å². The fourth-order valence-corrected chi connectivity index (χ4v) is 4.36. The van der Waals surface area contributed by atoms with Crippen molar-refractivity contribution in [3.8, 4) is 11.9 Å². The zero-order valence-electron chi connectivity index (χ0n) is 15.0. The van der Waals surface area contributed by atoms with Crippen molar-refractivity contribution in [3.63, 3.8) is 0 Å². The fourth-order valence-electron chi connectivity index (χ4n) is 4.19. The van der Waals surface area contributed by atoms with Gasteiger partial charge in [0.15, 0.2) is 5.82 Å². The number of rotatable bonds is 2. The molecular weight excluding hydrogens is 364 g/mol. The number of aromatic nitrogens is 2. The topological polar surface area (TPSA) is 86.4 Å². The lowest BCUT2D eigenvalue weighted by Gasteiger charge is -2.30. The second kappa shape index (κ2) is 6.24. The van der Waals surface area contributed by atoms with Crippen molar-refractivity contribution in [2.75, 3.05) is 29.2 Å². The number of ether oxygens (including phenoxy) is 1. The van der Waals surface area contributed by atoms with E-state index in [1.54, 1.807) is 0 Å². The van der Waals surface area contributed by atoms with E-state index in [1.807, 2.05) is 6.92 Å². The molecule has 7 nitrogen and oxygen atoms in total. The Bertz CT molecular complexity index is 1020. The summed E-state index contributed by atoms with van der Waals surface area (Å²) >= 11 is 6.04. The van der Waals surface area contributed by atoms with Crippen LogP contribution < -0.4 is 15.0 Å². The first kappa shape index (κ1) is 16.6. The molecular formula is C19H19ClN6O. The molecule has 0 radical (unpaired) electrons. The minimum atomic E-state index is -0.131. The van der Waals surface area contributed by atoms with E-state index in [0.717, 1.165) is 59.7 Å². The summed E-state index contributed by atoms with van der Waals surface area (Å²) in [5, 5.41) is 15.0. The molecule has 0 unspecified atom stereocenters. The molecule has 1 saturated heterocycles. The molecule has 0 bridgehead atoms. The molecule has 0 aliphatic carbocycles. The van der Waals surface area contributed by atoms with Gasteiger partial charge < -0.3 is 15.0 Å². The Morgan fingerprint density at radius 1 is 1.26 bits per heavy atom. The van der Waals surface area contributed by atoms with Gasteiger partial charge in [-0.25, -0.2) is 9.98 Å². The molecule has 3 aliphatic rings. The maximum absolute atomic E-state index is 10.1. The van der Waals surface area contributed by atoms with E-state index in [0.29, 0.717) is 29.6 Å². The molecule has 0 aromatic carbocycles. The van der Waals surface area contributed by atoms with Gasteiger partial charge in [-0.15, -0.1) is 11.6 Å². The van der Waals surface area contributed by atoms with Crippen molar-refractivity contribution < 1.29 is 4.74 Å². The third-order valence-corrected chi connectivity index (χ3v) is 5.74. The summed E-state index contributed by atoms with van der Waals surface area (Å²) in [4.78, 5) is 16.2. The van der Waals surface area contributed by atoms with E-state index in [1.165, 1.54) is 6.42 Å². The van der Waals surface area contributed by atoms with Gasteiger partial charge in [0.1, 0.15) is 35.2 Å². The lowest BCUT2D eigenvalue weighted by molar-refractivity contribution is 0.250. The molecule has 0 spiro atoms. The van der Waals surface area contributed by atoms with E-state index in [4.69, 9.17) is 21.3 Å². The number of nitrogens with zero attached hydrogens (tertiary/aromatic N) is 5. The van der Waals surface area contributed by atoms with Crippen LogP contribution in [0.1, 0.15) is 37.3 Å². The highest BCUT2D eigenvalue weighted by molar-refractivity contribution is 6.18. The highest BCUT2D eigenvalue weighted by Gasteiger charge is 2.33. The predicted octanol–water partition coefficient (Wildman–Crippen LogP) is 3.51. The van der Waals surface area contributed by atoms with Crippen LogP contribution in [0.3, 0.4) is 0 Å². The van der Waals surface area contributed by atoms with Gasteiger partial charge in [-0.05, 0) is 26.2 Å². The average Bonchev–Trinajstić information content (AvgIpc) is 3.11. The lowest BCUT2D eigenvalue weighted by Crippen LogP contribution is -2.31. The van der Waals surface area contributed by atoms with Crippen LogP contribution >= 0.6 is 11.6 Å². The monoisotopic (exact) mass is 382 g/mol. The van der Waals surface area contributed by atoms with Crippen molar-refractivity contribution >= 4 is 45.7 Å². The number of nitriles is 1. The molecule has 2 aromatic rings. The van der Waals surface area contributed by atoms with Crippen LogP contribution in [0.4, 0.5) is 17.5 Å². The minimum Gasteiger partial charge on any atom is -0.472 e. The number of fused-ring (bicyclic) bond motifs is 2. The Morgan fingerprint density at radius 3 is 2.81 bits per heavy atom. The van der Waals surface area contributed by atoms with Gasteiger partial charge in [-0.1, -0.05) is 0 Å². The number of halogens is 1. The zero-order valence-corrected chi connectivity index (χ0v) is 15.8. The normalized spacial score (nSPS) is 20.6. The van der Waals surface area contributed by atoms with E-state index in [9.17, 15) is 5.26 Å². The molecule has 2 aromatic heterocycles. The lowest BCUT2D eigenvalue weighted by atomic mass is 9.98. The van der Waals surface area contributed by atoms with Crippen LogP contribution in [0.25, 0.3) is 10.8 Å². The third kappa shape index (κ3) is 2.51. The van der Waals surface area contributed by atoms with E-state index in [-0.39, 0.29) is 6.10 Å². The smallest absolute Gasteiger partial charge is 0.219 e. The number of piperidine rings is 1. The Kier molecular flexibility index (Phi) is 3.83. The average molecular weight is 383 g/mol. The summed E-state index contributed by atoms with van der Waals surface area (Å²) < 4.78 is 5.91. The Balaban J connectivity index is 1.83. The first-order chi connectivity index (χ1) is 13.2. The predicted molar refractivity (Wildman–Crippen MR) is 106 cm³/mol. The Labute approximate surface area is 162 Å². The summed E-state index contributed by atoms with van der Waals surface area (Å²) in [5.74, 6) is 3.67. The molecule has 1 N–H and O–H groups in total. The van der Waals surface area contributed by atoms with Crippen LogP contribution in [0.15, 0.2) is 4.99 Å². The maximum atomic E-state index is 10.1. The summed E-state index contributed by atoms with van der Waals surface area (Å²) in [7, 11) is 0. The van der Waals surface area contributed by atoms with E-state index < -0.39 is 0 Å². The number of anilines is 2. The zero-order chi connectivity index (χ0) is 18.5. The van der Waals surface area contributed by atoms with E-state index in [2.05, 4.69) is 26.3 Å². The van der Waals surface area contributed by atoms with Gasteiger partial charge in [0.25, 0.3) is 0 Å². The largest absolute Gasteiger partial charge is 0.472 e. The second-order valence-electron chi connectivity index (χ2n) is 7.21. The number of hydrogen-bond donors (Lipinski definition) is 1. The first-order valence-electron chi connectivity index (χ1n) is 9.30. The molecule has 138 valence electrons. The van der Waals surface area contributed by atoms with Crippen LogP contribution in [0, 0.1) is 11.3 Å². The van der Waals surface area contributed by atoms with Crippen molar-refractivity contribution in [1.29, 1.82) is 5.26 Å². The summed E-state index contributed by atoms with van der Waals surface area (Å²) in [6.07, 6.45) is 3.96. The highest BCUT2D eigenvalue weighted by Crippen LogP contribution is 2.45. The van der Waals surface area contributed by atoms with Gasteiger partial charge in [0, 0.05) is 30.5 Å². The quantitative estimate of drug-likeness (QED) is 0.800. The Morgan fingerprint density at radius 2 is 2.07 bits per heavy atom. The molecule has 27 heavy (non-hydrogen) atoms. The summed E-state index contributed by atoms with van der Waals surface area (Å²) in [5.41, 5.74) is 1.53. The molecule has 1 atom stereocenters. The number of hydrogen-bond acceptors (Lipinski definition) is 7. The standard InChI is InChI=1S/C19H19ClN6O/c1-10-22-16-15-14(12-7-11(8-20)27-19(12)25-17(15)23-10)13(9-21)18(24-16)26-5-3-2-4-6-26/h11H,2-8H2,1H3,(H,22,23,24,25)/t11-/m1/s1. The summed E-state index contributed by atoms with van der Waals surface area (Å²) in [6, 6.07) is 2.42. The number of pyridine rings is 2.